The molecule has 64 valence electrons. The van der Waals surface area contributed by atoms with Gasteiger partial charge in [-0.05, 0) is 6.26 Å². The molecule has 1 heterocycles. The first kappa shape index (κ1) is 9.25. The van der Waals surface area contributed by atoms with Crippen LogP contribution < -0.4 is 5.43 Å². The minimum atomic E-state index is 0.796. The lowest BCUT2D eigenvalue weighted by Crippen LogP contribution is -2.47. The van der Waals surface area contributed by atoms with Gasteiger partial charge in [0.25, 0.3) is 0 Å². The molecule has 0 amide bonds. The van der Waals surface area contributed by atoms with E-state index in [9.17, 15) is 0 Å². The molecule has 0 spiro atoms. The van der Waals surface area contributed by atoms with Crippen molar-refractivity contribution >= 4 is 28.3 Å². The summed E-state index contributed by atoms with van der Waals surface area (Å²) in [5, 5.41) is 2.09. The van der Waals surface area contributed by atoms with Gasteiger partial charge < -0.3 is 10.2 Å². The summed E-state index contributed by atoms with van der Waals surface area (Å²) in [6, 6.07) is 0. The highest BCUT2D eigenvalue weighted by atomic mass is 32.2. The molecule has 0 atom stereocenters. The van der Waals surface area contributed by atoms with Crippen LogP contribution >= 0.6 is 24.0 Å². The normalized spacial score (nSPS) is 19.7. The Morgan fingerprint density at radius 2 is 2.18 bits per heavy atom. The van der Waals surface area contributed by atoms with Crippen LogP contribution in [0, 0.1) is 0 Å². The molecule has 0 aromatic heterocycles. The maximum atomic E-state index is 5.18. The minimum Gasteiger partial charge on any atom is -0.379 e. The van der Waals surface area contributed by atoms with E-state index in [2.05, 4.69) is 10.4 Å². The molecule has 0 aromatic rings. The fraction of sp³-hybridized carbons (Fsp3) is 0.833. The predicted molar refractivity (Wildman–Crippen MR) is 51.6 cm³/mol. The van der Waals surface area contributed by atoms with Crippen LogP contribution in [0.3, 0.4) is 0 Å². The summed E-state index contributed by atoms with van der Waals surface area (Å²) in [6.07, 6.45) is 1.97. The third-order valence-electron chi connectivity index (χ3n) is 1.45. The largest absolute Gasteiger partial charge is 0.379 e. The van der Waals surface area contributed by atoms with Gasteiger partial charge in [-0.1, -0.05) is 24.0 Å². The zero-order valence-electron chi connectivity index (χ0n) is 6.50. The number of ether oxygens (including phenoxy) is 1. The van der Waals surface area contributed by atoms with Crippen molar-refractivity contribution in [3.8, 4) is 0 Å². The first-order chi connectivity index (χ1) is 5.33. The van der Waals surface area contributed by atoms with Gasteiger partial charge >= 0.3 is 0 Å². The average molecular weight is 192 g/mol. The maximum absolute atomic E-state index is 5.18. The van der Waals surface area contributed by atoms with Crippen molar-refractivity contribution < 1.29 is 4.74 Å². The van der Waals surface area contributed by atoms with Crippen molar-refractivity contribution in [2.24, 2.45) is 0 Å². The molecule has 1 aliphatic heterocycles. The van der Waals surface area contributed by atoms with E-state index in [1.165, 1.54) is 0 Å². The second-order valence-corrected chi connectivity index (χ2v) is 3.69. The maximum Gasteiger partial charge on any atom is 0.147 e. The second kappa shape index (κ2) is 4.92. The van der Waals surface area contributed by atoms with Crippen LogP contribution in [0.2, 0.25) is 0 Å². The fourth-order valence-corrected chi connectivity index (χ4v) is 1.20. The van der Waals surface area contributed by atoms with Crippen molar-refractivity contribution in [1.29, 1.82) is 0 Å². The fourth-order valence-electron chi connectivity index (χ4n) is 0.850. The summed E-state index contributed by atoms with van der Waals surface area (Å²) in [5.41, 5.74) is 3.12. The minimum absolute atomic E-state index is 0.796. The molecule has 0 radical (unpaired) electrons. The van der Waals surface area contributed by atoms with Crippen molar-refractivity contribution in [1.82, 2.24) is 10.4 Å². The summed E-state index contributed by atoms with van der Waals surface area (Å²) in [5.74, 6) is 0. The molecule has 1 aliphatic rings. The highest BCUT2D eigenvalue weighted by Gasteiger charge is 2.09. The topological polar surface area (TPSA) is 24.5 Å². The molecular formula is C6H12N2OS2. The SMILES string of the molecule is CSC(=S)NN1CCOCC1. The summed E-state index contributed by atoms with van der Waals surface area (Å²) in [6.45, 7) is 3.43. The Bertz CT molecular complexity index is 137. The van der Waals surface area contributed by atoms with E-state index in [-0.39, 0.29) is 0 Å². The summed E-state index contributed by atoms with van der Waals surface area (Å²) in [7, 11) is 0. The van der Waals surface area contributed by atoms with Crippen molar-refractivity contribution in [2.45, 2.75) is 0 Å². The Labute approximate surface area is 76.4 Å². The number of morpholine rings is 1. The van der Waals surface area contributed by atoms with E-state index in [1.807, 2.05) is 6.26 Å². The van der Waals surface area contributed by atoms with Gasteiger partial charge in [-0.3, -0.25) is 0 Å². The van der Waals surface area contributed by atoms with Crippen LogP contribution in [-0.2, 0) is 4.74 Å². The van der Waals surface area contributed by atoms with Crippen LogP contribution in [0.25, 0.3) is 0 Å². The summed E-state index contributed by atoms with van der Waals surface area (Å²) in [4.78, 5) is 0. The molecule has 1 fully saturated rings. The van der Waals surface area contributed by atoms with Gasteiger partial charge in [0.05, 0.1) is 13.2 Å². The van der Waals surface area contributed by atoms with Gasteiger partial charge in [0.15, 0.2) is 0 Å². The predicted octanol–water partition coefficient (Wildman–Crippen LogP) is 0.471. The van der Waals surface area contributed by atoms with Crippen LogP contribution in [0.15, 0.2) is 0 Å². The Hall–Kier alpha value is 0.160. The Balaban J connectivity index is 2.19. The van der Waals surface area contributed by atoms with Gasteiger partial charge in [-0.2, -0.15) is 0 Å². The van der Waals surface area contributed by atoms with Gasteiger partial charge in [0.2, 0.25) is 0 Å². The Morgan fingerprint density at radius 3 is 2.73 bits per heavy atom. The summed E-state index contributed by atoms with van der Waals surface area (Å²) < 4.78 is 6.01. The molecule has 0 saturated carbocycles. The number of nitrogens with zero attached hydrogens (tertiary/aromatic N) is 1. The van der Waals surface area contributed by atoms with Gasteiger partial charge in [0.1, 0.15) is 4.32 Å². The Kier molecular flexibility index (Phi) is 4.14. The molecular weight excluding hydrogens is 180 g/mol. The van der Waals surface area contributed by atoms with Crippen LogP contribution in [0.1, 0.15) is 0 Å². The molecule has 0 aromatic carbocycles. The lowest BCUT2D eigenvalue weighted by molar-refractivity contribution is 0.0257. The number of hydrogen-bond donors (Lipinski definition) is 1. The quantitative estimate of drug-likeness (QED) is 0.609. The van der Waals surface area contributed by atoms with Crippen LogP contribution in [0.5, 0.6) is 0 Å². The first-order valence-electron chi connectivity index (χ1n) is 3.50. The van der Waals surface area contributed by atoms with E-state index in [0.717, 1.165) is 30.6 Å². The average Bonchev–Trinajstić information content (AvgIpc) is 2.06. The van der Waals surface area contributed by atoms with E-state index in [4.69, 9.17) is 17.0 Å². The first-order valence-corrected chi connectivity index (χ1v) is 5.13. The molecule has 0 unspecified atom stereocenters. The number of thioether (sulfide) groups is 1. The standard InChI is InChI=1S/C6H12N2OS2/c1-11-6(10)7-8-2-4-9-5-3-8/h2-5H2,1H3,(H,7,10). The van der Waals surface area contributed by atoms with E-state index >= 15 is 0 Å². The van der Waals surface area contributed by atoms with Gasteiger partial charge in [0, 0.05) is 13.1 Å². The Morgan fingerprint density at radius 1 is 1.55 bits per heavy atom. The van der Waals surface area contributed by atoms with Crippen LogP contribution in [0.4, 0.5) is 0 Å². The highest BCUT2D eigenvalue weighted by Crippen LogP contribution is 1.98. The second-order valence-electron chi connectivity index (χ2n) is 2.20. The van der Waals surface area contributed by atoms with Gasteiger partial charge in [-0.15, -0.1) is 0 Å². The number of thiocarbonyl (C=S) groups is 1. The third-order valence-corrected chi connectivity index (χ3v) is 2.50. The summed E-state index contributed by atoms with van der Waals surface area (Å²) >= 11 is 6.56. The smallest absolute Gasteiger partial charge is 0.147 e. The molecule has 11 heavy (non-hydrogen) atoms. The number of nitrogens with one attached hydrogen (secondary N) is 1. The van der Waals surface area contributed by atoms with E-state index in [1.54, 1.807) is 11.8 Å². The van der Waals surface area contributed by atoms with Crippen molar-refractivity contribution in [3.05, 3.63) is 0 Å². The van der Waals surface area contributed by atoms with Gasteiger partial charge in [-0.25, -0.2) is 5.01 Å². The number of hydrazine groups is 1. The lowest BCUT2D eigenvalue weighted by Gasteiger charge is -2.27. The zero-order chi connectivity index (χ0) is 8.10. The van der Waals surface area contributed by atoms with E-state index < -0.39 is 0 Å². The molecule has 0 aliphatic carbocycles. The monoisotopic (exact) mass is 192 g/mol. The molecule has 3 nitrogen and oxygen atoms in total. The van der Waals surface area contributed by atoms with Crippen molar-refractivity contribution in [3.63, 3.8) is 0 Å². The number of rotatable bonds is 1. The number of hydrogen-bond acceptors (Lipinski definition) is 4. The van der Waals surface area contributed by atoms with Crippen LogP contribution in [-0.4, -0.2) is 41.9 Å². The van der Waals surface area contributed by atoms with Crippen molar-refractivity contribution in [2.75, 3.05) is 32.6 Å². The molecule has 1 N–H and O–H groups in total. The molecule has 1 saturated heterocycles. The zero-order valence-corrected chi connectivity index (χ0v) is 8.13. The molecule has 5 heteroatoms. The highest BCUT2D eigenvalue weighted by molar-refractivity contribution is 8.22. The molecule has 1 rings (SSSR count). The third kappa shape index (κ3) is 3.37. The lowest BCUT2D eigenvalue weighted by atomic mass is 10.5. The molecule has 0 bridgehead atoms. The van der Waals surface area contributed by atoms with E-state index in [0.29, 0.717) is 0 Å².